The van der Waals surface area contributed by atoms with Crippen molar-refractivity contribution in [2.45, 2.75) is 25.7 Å². The minimum atomic E-state index is -3.61. The molecule has 156 valence electrons. The third kappa shape index (κ3) is 4.68. The Bertz CT molecular complexity index is 1020. The Morgan fingerprint density at radius 1 is 1.03 bits per heavy atom. The fraction of sp³-hybridized carbons (Fsp3) is 0.400. The lowest BCUT2D eigenvalue weighted by atomic mass is 10.2. The molecule has 1 amide bonds. The maximum Gasteiger partial charge on any atom is 0.349 e. The third-order valence-electron chi connectivity index (χ3n) is 4.91. The maximum absolute atomic E-state index is 12.9. The van der Waals surface area contributed by atoms with Gasteiger partial charge in [-0.1, -0.05) is 17.7 Å². The third-order valence-corrected chi connectivity index (χ3v) is 7.97. The lowest BCUT2D eigenvalue weighted by Crippen LogP contribution is -2.51. The van der Waals surface area contributed by atoms with E-state index in [9.17, 15) is 18.0 Å². The Balaban J connectivity index is 1.56. The monoisotopic (exact) mass is 436 g/mol. The largest absolute Gasteiger partial charge is 0.451 e. The summed E-state index contributed by atoms with van der Waals surface area (Å²) in [4.78, 5) is 26.7. The standard InChI is InChI=1S/C20H24N2O5S2/c1-14-4-5-17(16(3)12-14)29(25,26)22-9-7-21(8-10-22)18(23)13-27-20(24)19-15(2)6-11-28-19/h4-6,11-12H,7-10,13H2,1-3H3. The Morgan fingerprint density at radius 3 is 2.31 bits per heavy atom. The summed E-state index contributed by atoms with van der Waals surface area (Å²) >= 11 is 1.27. The first-order valence-electron chi connectivity index (χ1n) is 9.26. The summed E-state index contributed by atoms with van der Waals surface area (Å²) in [6.07, 6.45) is 0. The Hall–Kier alpha value is -2.23. The van der Waals surface area contributed by atoms with Gasteiger partial charge in [-0.3, -0.25) is 4.79 Å². The molecule has 0 bridgehead atoms. The van der Waals surface area contributed by atoms with E-state index < -0.39 is 16.0 Å². The molecule has 1 aromatic carbocycles. The van der Waals surface area contributed by atoms with E-state index in [1.807, 2.05) is 26.0 Å². The number of rotatable bonds is 5. The number of sulfonamides is 1. The van der Waals surface area contributed by atoms with Crippen molar-refractivity contribution in [1.82, 2.24) is 9.21 Å². The van der Waals surface area contributed by atoms with E-state index in [2.05, 4.69) is 0 Å². The van der Waals surface area contributed by atoms with Crippen molar-refractivity contribution < 1.29 is 22.7 Å². The second-order valence-electron chi connectivity index (χ2n) is 7.06. The SMILES string of the molecule is Cc1ccc(S(=O)(=O)N2CCN(C(=O)COC(=O)c3sccc3C)CC2)c(C)c1. The lowest BCUT2D eigenvalue weighted by molar-refractivity contribution is -0.135. The number of esters is 1. The van der Waals surface area contributed by atoms with Crippen LogP contribution in [0.3, 0.4) is 0 Å². The fourth-order valence-electron chi connectivity index (χ4n) is 3.27. The van der Waals surface area contributed by atoms with Crippen LogP contribution in [0.4, 0.5) is 0 Å². The van der Waals surface area contributed by atoms with Gasteiger partial charge in [-0.25, -0.2) is 13.2 Å². The molecule has 0 aliphatic carbocycles. The van der Waals surface area contributed by atoms with Crippen LogP contribution in [0.15, 0.2) is 34.5 Å². The van der Waals surface area contributed by atoms with E-state index in [-0.39, 0.29) is 38.7 Å². The molecular weight excluding hydrogens is 412 g/mol. The molecule has 0 unspecified atom stereocenters. The van der Waals surface area contributed by atoms with Crippen LogP contribution in [-0.2, 0) is 19.6 Å². The van der Waals surface area contributed by atoms with Crippen molar-refractivity contribution in [3.05, 3.63) is 51.2 Å². The fourth-order valence-corrected chi connectivity index (χ4v) is 5.72. The maximum atomic E-state index is 12.9. The molecule has 0 N–H and O–H groups in total. The lowest BCUT2D eigenvalue weighted by Gasteiger charge is -2.34. The van der Waals surface area contributed by atoms with Crippen LogP contribution in [0, 0.1) is 20.8 Å². The summed E-state index contributed by atoms with van der Waals surface area (Å²) in [5.74, 6) is -0.835. The van der Waals surface area contributed by atoms with Gasteiger partial charge in [0.2, 0.25) is 10.0 Å². The van der Waals surface area contributed by atoms with Crippen LogP contribution in [0.5, 0.6) is 0 Å². The van der Waals surface area contributed by atoms with Gasteiger partial charge in [0.15, 0.2) is 6.61 Å². The molecule has 1 aliphatic heterocycles. The molecule has 1 fully saturated rings. The van der Waals surface area contributed by atoms with Gasteiger partial charge in [0.25, 0.3) is 5.91 Å². The molecule has 0 atom stereocenters. The van der Waals surface area contributed by atoms with Gasteiger partial charge in [-0.2, -0.15) is 4.31 Å². The van der Waals surface area contributed by atoms with Gasteiger partial charge in [-0.15, -0.1) is 11.3 Å². The molecule has 0 radical (unpaired) electrons. The molecule has 1 saturated heterocycles. The predicted molar refractivity (Wildman–Crippen MR) is 111 cm³/mol. The van der Waals surface area contributed by atoms with Gasteiger partial charge in [0, 0.05) is 26.2 Å². The van der Waals surface area contributed by atoms with Crippen molar-refractivity contribution in [3.63, 3.8) is 0 Å². The molecule has 1 aliphatic rings. The van der Waals surface area contributed by atoms with Crippen LogP contribution in [0.2, 0.25) is 0 Å². The smallest absolute Gasteiger partial charge is 0.349 e. The average Bonchev–Trinajstić information content (AvgIpc) is 3.11. The first-order chi connectivity index (χ1) is 13.7. The first kappa shape index (κ1) is 21.5. The van der Waals surface area contributed by atoms with Crippen molar-refractivity contribution in [2.24, 2.45) is 0 Å². The molecular formula is C20H24N2O5S2. The van der Waals surface area contributed by atoms with Crippen LogP contribution >= 0.6 is 11.3 Å². The quantitative estimate of drug-likeness (QED) is 0.672. The van der Waals surface area contributed by atoms with Gasteiger partial charge in [-0.05, 0) is 49.4 Å². The van der Waals surface area contributed by atoms with Crippen molar-refractivity contribution in [2.75, 3.05) is 32.8 Å². The summed E-state index contributed by atoms with van der Waals surface area (Å²) in [5, 5.41) is 1.79. The molecule has 0 spiro atoms. The summed E-state index contributed by atoms with van der Waals surface area (Å²) in [6, 6.07) is 7.07. The highest BCUT2D eigenvalue weighted by molar-refractivity contribution is 7.89. The van der Waals surface area contributed by atoms with Gasteiger partial charge < -0.3 is 9.64 Å². The molecule has 29 heavy (non-hydrogen) atoms. The Morgan fingerprint density at radius 2 is 1.72 bits per heavy atom. The highest BCUT2D eigenvalue weighted by atomic mass is 32.2. The Kier molecular flexibility index (Phi) is 6.40. The summed E-state index contributed by atoms with van der Waals surface area (Å²) in [7, 11) is -3.61. The Labute approximate surface area is 174 Å². The first-order valence-corrected chi connectivity index (χ1v) is 11.6. The number of ether oxygens (including phenoxy) is 1. The van der Waals surface area contributed by atoms with E-state index in [0.717, 1.165) is 11.1 Å². The number of hydrogen-bond donors (Lipinski definition) is 0. The number of aryl methyl sites for hydroxylation is 3. The molecule has 3 rings (SSSR count). The van der Waals surface area contributed by atoms with E-state index in [4.69, 9.17) is 4.74 Å². The zero-order valence-corrected chi connectivity index (χ0v) is 18.3. The van der Waals surface area contributed by atoms with Crippen LogP contribution in [-0.4, -0.2) is 62.3 Å². The number of carbonyl (C=O) groups is 2. The summed E-state index contributed by atoms with van der Waals surface area (Å²) < 4.78 is 32.4. The van der Waals surface area contributed by atoms with E-state index in [1.54, 1.807) is 24.4 Å². The topological polar surface area (TPSA) is 84.0 Å². The number of nitrogens with zero attached hydrogens (tertiary/aromatic N) is 2. The molecule has 2 heterocycles. The molecule has 1 aromatic heterocycles. The van der Waals surface area contributed by atoms with Gasteiger partial charge in [0.1, 0.15) is 4.88 Å². The molecule has 9 heteroatoms. The van der Waals surface area contributed by atoms with Gasteiger partial charge in [0.05, 0.1) is 4.90 Å². The van der Waals surface area contributed by atoms with Crippen LogP contribution < -0.4 is 0 Å². The number of amides is 1. The molecule has 2 aromatic rings. The predicted octanol–water partition coefficient (Wildman–Crippen LogP) is 2.36. The summed E-state index contributed by atoms with van der Waals surface area (Å²) in [5.41, 5.74) is 2.53. The molecule has 7 nitrogen and oxygen atoms in total. The highest BCUT2D eigenvalue weighted by Gasteiger charge is 2.31. The van der Waals surface area contributed by atoms with Crippen molar-refractivity contribution in [1.29, 1.82) is 0 Å². The van der Waals surface area contributed by atoms with Crippen molar-refractivity contribution >= 4 is 33.2 Å². The van der Waals surface area contributed by atoms with E-state index in [0.29, 0.717) is 15.3 Å². The average molecular weight is 437 g/mol. The number of thiophene rings is 1. The van der Waals surface area contributed by atoms with E-state index in [1.165, 1.54) is 20.5 Å². The number of carbonyl (C=O) groups excluding carboxylic acids is 2. The second kappa shape index (κ2) is 8.64. The normalized spacial score (nSPS) is 15.3. The number of hydrogen-bond acceptors (Lipinski definition) is 6. The number of benzene rings is 1. The second-order valence-corrected chi connectivity index (χ2v) is 9.89. The number of piperazine rings is 1. The van der Waals surface area contributed by atoms with Crippen LogP contribution in [0.25, 0.3) is 0 Å². The van der Waals surface area contributed by atoms with Crippen LogP contribution in [0.1, 0.15) is 26.4 Å². The minimum Gasteiger partial charge on any atom is -0.451 e. The van der Waals surface area contributed by atoms with Crippen molar-refractivity contribution in [3.8, 4) is 0 Å². The highest BCUT2D eigenvalue weighted by Crippen LogP contribution is 2.22. The van der Waals surface area contributed by atoms with Gasteiger partial charge >= 0.3 is 5.97 Å². The van der Waals surface area contributed by atoms with E-state index >= 15 is 0 Å². The molecule has 0 saturated carbocycles. The zero-order valence-electron chi connectivity index (χ0n) is 16.7. The zero-order chi connectivity index (χ0) is 21.2. The summed E-state index contributed by atoms with van der Waals surface area (Å²) in [6.45, 7) is 6.10. The minimum absolute atomic E-state index is 0.208.